The second kappa shape index (κ2) is 11.1. The molecule has 5 rings (SSSR count). The lowest BCUT2D eigenvalue weighted by Gasteiger charge is -2.30. The van der Waals surface area contributed by atoms with E-state index in [1.807, 2.05) is 12.3 Å². The monoisotopic (exact) mass is 510 g/mol. The van der Waals surface area contributed by atoms with Crippen molar-refractivity contribution in [2.45, 2.75) is 58.2 Å². The van der Waals surface area contributed by atoms with E-state index in [-0.39, 0.29) is 23.9 Å². The van der Waals surface area contributed by atoms with Crippen LogP contribution in [0, 0.1) is 11.7 Å². The minimum absolute atomic E-state index is 0. The van der Waals surface area contributed by atoms with Gasteiger partial charge in [-0.05, 0) is 74.1 Å². The third-order valence-electron chi connectivity index (χ3n) is 6.60. The molecule has 0 saturated heterocycles. The zero-order valence-electron chi connectivity index (χ0n) is 20.5. The summed E-state index contributed by atoms with van der Waals surface area (Å²) in [6, 6.07) is 12.8. The highest BCUT2D eigenvalue weighted by Gasteiger charge is 2.23. The van der Waals surface area contributed by atoms with Gasteiger partial charge in [0.25, 0.3) is 0 Å². The summed E-state index contributed by atoms with van der Waals surface area (Å²) in [5.74, 6) is 0.514. The van der Waals surface area contributed by atoms with Crippen molar-refractivity contribution in [3.63, 3.8) is 0 Å². The second-order valence-electron chi connectivity index (χ2n) is 9.70. The van der Waals surface area contributed by atoms with E-state index >= 15 is 0 Å². The van der Waals surface area contributed by atoms with E-state index in [0.29, 0.717) is 47.6 Å². The van der Waals surface area contributed by atoms with Crippen molar-refractivity contribution in [2.24, 2.45) is 5.92 Å². The number of nitrogens with zero attached hydrogens (tertiary/aromatic N) is 5. The van der Waals surface area contributed by atoms with E-state index in [0.717, 1.165) is 25.7 Å². The molecule has 0 aliphatic heterocycles. The van der Waals surface area contributed by atoms with Crippen LogP contribution < -0.4 is 11.0 Å². The van der Waals surface area contributed by atoms with Crippen LogP contribution in [-0.4, -0.2) is 29.7 Å². The van der Waals surface area contributed by atoms with Gasteiger partial charge in [-0.3, -0.25) is 9.13 Å². The molecule has 3 aromatic heterocycles. The fraction of sp³-hybridized carbons (Fsp3) is 0.370. The Balaban J connectivity index is 0.00000304. The topological polar surface area (TPSA) is 69.7 Å². The molecule has 1 aromatic carbocycles. The molecule has 4 aromatic rings. The van der Waals surface area contributed by atoms with Crippen LogP contribution in [0.5, 0.6) is 0 Å². The third kappa shape index (κ3) is 5.54. The summed E-state index contributed by atoms with van der Waals surface area (Å²) in [5, 5.41) is 3.50. The number of nitrogens with one attached hydrogen (secondary N) is 1. The second-order valence-corrected chi connectivity index (χ2v) is 9.70. The van der Waals surface area contributed by atoms with Crippen LogP contribution in [0.25, 0.3) is 17.1 Å². The Morgan fingerprint density at radius 3 is 2.42 bits per heavy atom. The summed E-state index contributed by atoms with van der Waals surface area (Å²) in [7, 11) is 0. The Labute approximate surface area is 216 Å². The number of aromatic nitrogens is 5. The molecule has 0 spiro atoms. The van der Waals surface area contributed by atoms with Crippen molar-refractivity contribution in [1.29, 1.82) is 0 Å². The van der Waals surface area contributed by atoms with Crippen LogP contribution in [0.4, 0.5) is 10.3 Å². The molecule has 1 aliphatic carbocycles. The number of hydrogen-bond donors (Lipinski definition) is 1. The van der Waals surface area contributed by atoms with Gasteiger partial charge < -0.3 is 9.88 Å². The molecule has 0 bridgehead atoms. The smallest absolute Gasteiger partial charge is 0.333 e. The van der Waals surface area contributed by atoms with Gasteiger partial charge in [0, 0.05) is 43.4 Å². The largest absolute Gasteiger partial charge is 0.351 e. The fourth-order valence-electron chi connectivity index (χ4n) is 4.90. The Hall–Kier alpha value is -3.39. The Morgan fingerprint density at radius 2 is 1.75 bits per heavy atom. The lowest BCUT2D eigenvalue weighted by molar-refractivity contribution is 0.334. The van der Waals surface area contributed by atoms with Crippen LogP contribution >= 0.6 is 12.4 Å². The number of halogens is 2. The number of imidazole rings is 1. The van der Waals surface area contributed by atoms with Gasteiger partial charge in [0.05, 0.1) is 17.1 Å². The predicted octanol–water partition coefficient (Wildman–Crippen LogP) is 5.71. The van der Waals surface area contributed by atoms with Crippen molar-refractivity contribution >= 4 is 18.4 Å². The zero-order valence-corrected chi connectivity index (χ0v) is 21.4. The summed E-state index contributed by atoms with van der Waals surface area (Å²) >= 11 is 0. The standard InChI is InChI=1S/C27H31FN6O.ClH/c1-19(2)17-33-18-25(34(27(33)35)23-9-5-20(28)6-10-23)24-13-14-29-26(31-24)30-21-7-11-22(12-8-21)32-15-3-4-16-32;/h3-6,9-10,13-16,18-19,21-22H,7-8,11-12,17H2,1-2H3,(H,29,30,31);1H. The van der Waals surface area contributed by atoms with Crippen molar-refractivity contribution in [1.82, 2.24) is 23.7 Å². The zero-order chi connectivity index (χ0) is 24.4. The van der Waals surface area contributed by atoms with Gasteiger partial charge in [0.2, 0.25) is 5.95 Å². The molecule has 1 saturated carbocycles. The first-order valence-corrected chi connectivity index (χ1v) is 12.3. The molecule has 0 radical (unpaired) electrons. The molecule has 3 heterocycles. The first-order valence-electron chi connectivity index (χ1n) is 12.3. The number of rotatable bonds is 7. The third-order valence-corrected chi connectivity index (χ3v) is 6.60. The summed E-state index contributed by atoms with van der Waals surface area (Å²) in [4.78, 5) is 22.5. The lowest BCUT2D eigenvalue weighted by atomic mass is 9.91. The molecular weight excluding hydrogens is 479 g/mol. The summed E-state index contributed by atoms with van der Waals surface area (Å²) in [6.07, 6.45) is 12.1. The predicted molar refractivity (Wildman–Crippen MR) is 142 cm³/mol. The highest BCUT2D eigenvalue weighted by atomic mass is 35.5. The van der Waals surface area contributed by atoms with E-state index < -0.39 is 0 Å². The molecule has 1 fully saturated rings. The van der Waals surface area contributed by atoms with Crippen molar-refractivity contribution < 1.29 is 4.39 Å². The van der Waals surface area contributed by atoms with Gasteiger partial charge in [-0.1, -0.05) is 13.8 Å². The minimum atomic E-state index is -0.343. The van der Waals surface area contributed by atoms with Crippen molar-refractivity contribution in [3.8, 4) is 17.1 Å². The molecular formula is C27H32ClFN6O. The van der Waals surface area contributed by atoms with Crippen LogP contribution in [0.3, 0.4) is 0 Å². The van der Waals surface area contributed by atoms with Crippen LogP contribution in [-0.2, 0) is 6.54 Å². The lowest BCUT2D eigenvalue weighted by Crippen LogP contribution is -2.28. The van der Waals surface area contributed by atoms with E-state index in [1.54, 1.807) is 27.5 Å². The van der Waals surface area contributed by atoms with Crippen molar-refractivity contribution in [2.75, 3.05) is 5.32 Å². The average Bonchev–Trinajstić information content (AvgIpc) is 3.49. The maximum Gasteiger partial charge on any atom is 0.333 e. The molecule has 0 amide bonds. The summed E-state index contributed by atoms with van der Waals surface area (Å²) in [6.45, 7) is 4.72. The van der Waals surface area contributed by atoms with Crippen LogP contribution in [0.1, 0.15) is 45.6 Å². The number of anilines is 1. The molecule has 1 N–H and O–H groups in total. The van der Waals surface area contributed by atoms with E-state index in [4.69, 9.17) is 4.98 Å². The van der Waals surface area contributed by atoms with E-state index in [1.165, 1.54) is 12.1 Å². The molecule has 0 atom stereocenters. The molecule has 190 valence electrons. The normalized spacial score (nSPS) is 17.7. The number of benzene rings is 1. The van der Waals surface area contributed by atoms with Gasteiger partial charge in [0.1, 0.15) is 5.82 Å². The summed E-state index contributed by atoms with van der Waals surface area (Å²) in [5.41, 5.74) is 1.73. The maximum absolute atomic E-state index is 13.6. The van der Waals surface area contributed by atoms with Gasteiger partial charge in [-0.2, -0.15) is 0 Å². The quantitative estimate of drug-likeness (QED) is 0.346. The van der Waals surface area contributed by atoms with E-state index in [9.17, 15) is 9.18 Å². The Morgan fingerprint density at radius 1 is 1.06 bits per heavy atom. The SMILES string of the molecule is CC(C)Cn1cc(-c2ccnc(NC3CCC(n4cccc4)CC3)n2)n(-c2ccc(F)cc2)c1=O.Cl. The van der Waals surface area contributed by atoms with Gasteiger partial charge in [-0.15, -0.1) is 12.4 Å². The Bertz CT molecular complexity index is 1320. The molecule has 7 nitrogen and oxygen atoms in total. The average molecular weight is 511 g/mol. The number of hydrogen-bond acceptors (Lipinski definition) is 4. The highest BCUT2D eigenvalue weighted by molar-refractivity contribution is 5.85. The minimum Gasteiger partial charge on any atom is -0.351 e. The maximum atomic E-state index is 13.6. The molecule has 0 unspecified atom stereocenters. The molecule has 9 heteroatoms. The first-order chi connectivity index (χ1) is 17.0. The van der Waals surface area contributed by atoms with Gasteiger partial charge in [0.15, 0.2) is 0 Å². The van der Waals surface area contributed by atoms with Gasteiger partial charge in [-0.25, -0.2) is 19.2 Å². The van der Waals surface area contributed by atoms with Crippen LogP contribution in [0.2, 0.25) is 0 Å². The first kappa shape index (κ1) is 25.7. The fourth-order valence-corrected chi connectivity index (χ4v) is 4.90. The summed E-state index contributed by atoms with van der Waals surface area (Å²) < 4.78 is 19.1. The van der Waals surface area contributed by atoms with Crippen molar-refractivity contribution in [3.05, 3.63) is 83.6 Å². The molecule has 36 heavy (non-hydrogen) atoms. The highest BCUT2D eigenvalue weighted by Crippen LogP contribution is 2.30. The van der Waals surface area contributed by atoms with Crippen LogP contribution in [0.15, 0.2) is 72.0 Å². The Kier molecular flexibility index (Phi) is 7.94. The van der Waals surface area contributed by atoms with Gasteiger partial charge >= 0.3 is 5.69 Å². The molecule has 1 aliphatic rings. The van der Waals surface area contributed by atoms with E-state index in [2.05, 4.69) is 53.2 Å².